The molecule has 2 rings (SSSR count). The second kappa shape index (κ2) is 5.64. The molecule has 96 valence electrons. The average Bonchev–Trinajstić information content (AvgIpc) is 2.64. The van der Waals surface area contributed by atoms with Crippen molar-refractivity contribution in [3.05, 3.63) is 29.3 Å². The molecule has 5 heteroatoms. The van der Waals surface area contributed by atoms with Crippen molar-refractivity contribution in [1.29, 1.82) is 0 Å². The van der Waals surface area contributed by atoms with Crippen molar-refractivity contribution in [2.75, 3.05) is 11.5 Å². The Bertz CT molecular complexity index is 403. The Labute approximate surface area is 118 Å². The van der Waals surface area contributed by atoms with Gasteiger partial charge in [-0.25, -0.2) is 0 Å². The third-order valence-corrected chi connectivity index (χ3v) is 13.6. The van der Waals surface area contributed by atoms with Crippen molar-refractivity contribution in [2.24, 2.45) is 0 Å². The van der Waals surface area contributed by atoms with Gasteiger partial charge in [-0.3, -0.25) is 0 Å². The molecule has 1 aromatic carbocycles. The number of thiol groups is 1. The summed E-state index contributed by atoms with van der Waals surface area (Å²) < 4.78 is 6.27. The van der Waals surface area contributed by atoms with Gasteiger partial charge in [0.2, 0.25) is 0 Å². The van der Waals surface area contributed by atoms with E-state index in [9.17, 15) is 0 Å². The Morgan fingerprint density at radius 2 is 1.94 bits per heavy atom. The molecule has 0 saturated carbocycles. The van der Waals surface area contributed by atoms with Crippen LogP contribution in [0.5, 0.6) is 5.75 Å². The molecule has 1 aliphatic heterocycles. The fraction of sp³-hybridized carbons (Fsp3) is 0.500. The zero-order chi connectivity index (χ0) is 12.5. The van der Waals surface area contributed by atoms with Crippen LogP contribution >= 0.6 is 40.1 Å². The summed E-state index contributed by atoms with van der Waals surface area (Å²) in [7, 11) is 0. The van der Waals surface area contributed by atoms with Gasteiger partial charge < -0.3 is 0 Å². The van der Waals surface area contributed by atoms with Crippen molar-refractivity contribution >= 4 is 40.1 Å². The molecule has 1 aromatic rings. The monoisotopic (exact) mass is 306 g/mol. The van der Waals surface area contributed by atoms with E-state index in [4.69, 9.17) is 16.8 Å². The van der Waals surface area contributed by atoms with Crippen LogP contribution in [-0.2, 0) is 0 Å². The molecule has 1 fully saturated rings. The Balaban J connectivity index is 2.27. The van der Waals surface area contributed by atoms with Crippen molar-refractivity contribution in [2.45, 2.75) is 26.7 Å². The Hall–Kier alpha value is 0.500. The van der Waals surface area contributed by atoms with Crippen LogP contribution in [0.1, 0.15) is 30.9 Å². The topological polar surface area (TPSA) is 9.23 Å². The second-order valence-electron chi connectivity index (χ2n) is 4.52. The van der Waals surface area contributed by atoms with Gasteiger partial charge in [0.25, 0.3) is 0 Å². The van der Waals surface area contributed by atoms with Crippen LogP contribution in [0.3, 0.4) is 0 Å². The first-order chi connectivity index (χ1) is 8.00. The zero-order valence-electron chi connectivity index (χ0n) is 10.4. The molecular weight excluding hydrogens is 287 g/mol. The van der Waals surface area contributed by atoms with Crippen LogP contribution in [0.25, 0.3) is 0 Å². The van der Waals surface area contributed by atoms with Crippen LogP contribution in [0, 0.1) is 6.92 Å². The summed E-state index contributed by atoms with van der Waals surface area (Å²) in [5.41, 5.74) is 2.55. The SMILES string of the molecule is Cc1ccc(C(C)C)c(O[PH]2(S)SCCS2)c1. The molecule has 17 heavy (non-hydrogen) atoms. The molecule has 0 amide bonds. The quantitative estimate of drug-likeness (QED) is 0.598. The summed E-state index contributed by atoms with van der Waals surface area (Å²) in [6.07, 6.45) is 0. The molecule has 1 saturated heterocycles. The standard InChI is InChI=1S/C12H19OPS3/c1-9(2)11-5-4-10(3)8-12(11)13-14(15)16-6-7-17-14/h4-5,8-9,14-15H,6-7H2,1-3H3. The van der Waals surface area contributed by atoms with E-state index in [0.717, 1.165) is 5.75 Å². The van der Waals surface area contributed by atoms with E-state index in [1.54, 1.807) is 0 Å². The maximum atomic E-state index is 6.27. The summed E-state index contributed by atoms with van der Waals surface area (Å²) in [5.74, 6) is 3.88. The van der Waals surface area contributed by atoms with E-state index in [1.807, 2.05) is 22.8 Å². The molecule has 0 bridgehead atoms. The van der Waals surface area contributed by atoms with E-state index in [2.05, 4.69) is 39.0 Å². The number of hydrogen-bond acceptors (Lipinski definition) is 4. The maximum absolute atomic E-state index is 6.27. The minimum absolute atomic E-state index is 0.493. The van der Waals surface area contributed by atoms with Gasteiger partial charge in [-0.15, -0.1) is 0 Å². The van der Waals surface area contributed by atoms with E-state index < -0.39 is 5.10 Å². The fourth-order valence-electron chi connectivity index (χ4n) is 1.79. The molecule has 1 nitrogen and oxygen atoms in total. The van der Waals surface area contributed by atoms with Crippen LogP contribution in [0.4, 0.5) is 0 Å². The summed E-state index contributed by atoms with van der Waals surface area (Å²) in [5, 5.41) is -1.90. The molecule has 0 radical (unpaired) electrons. The predicted molar refractivity (Wildman–Crippen MR) is 88.1 cm³/mol. The molecule has 0 N–H and O–H groups in total. The van der Waals surface area contributed by atoms with E-state index in [-0.39, 0.29) is 0 Å². The van der Waals surface area contributed by atoms with E-state index in [0.29, 0.717) is 5.92 Å². The van der Waals surface area contributed by atoms with Gasteiger partial charge in [0, 0.05) is 0 Å². The van der Waals surface area contributed by atoms with Crippen LogP contribution in [-0.4, -0.2) is 11.5 Å². The predicted octanol–water partition coefficient (Wildman–Crippen LogP) is 5.32. The fourth-order valence-corrected chi connectivity index (χ4v) is 12.0. The third-order valence-electron chi connectivity index (χ3n) is 2.68. The molecule has 0 unspecified atom stereocenters. The second-order valence-corrected chi connectivity index (χ2v) is 16.8. The van der Waals surface area contributed by atoms with Gasteiger partial charge in [0.1, 0.15) is 0 Å². The van der Waals surface area contributed by atoms with Gasteiger partial charge in [0.05, 0.1) is 0 Å². The Morgan fingerprint density at radius 3 is 2.53 bits per heavy atom. The molecule has 1 heterocycles. The van der Waals surface area contributed by atoms with E-state index >= 15 is 0 Å². The summed E-state index contributed by atoms with van der Waals surface area (Å²) >= 11 is 8.60. The first-order valence-corrected chi connectivity index (χ1v) is 12.4. The van der Waals surface area contributed by atoms with Crippen molar-refractivity contribution in [3.63, 3.8) is 0 Å². The van der Waals surface area contributed by atoms with Gasteiger partial charge in [-0.05, 0) is 0 Å². The molecule has 0 spiro atoms. The molecule has 0 aromatic heterocycles. The number of aryl methyl sites for hydroxylation is 1. The van der Waals surface area contributed by atoms with Crippen molar-refractivity contribution in [1.82, 2.24) is 0 Å². The zero-order valence-corrected chi connectivity index (χ0v) is 13.9. The first-order valence-electron chi connectivity index (χ1n) is 5.80. The minimum atomic E-state index is -1.90. The Morgan fingerprint density at radius 1 is 1.29 bits per heavy atom. The van der Waals surface area contributed by atoms with Gasteiger partial charge in [0.15, 0.2) is 0 Å². The molecule has 1 aliphatic rings. The van der Waals surface area contributed by atoms with Gasteiger partial charge in [-0.1, -0.05) is 0 Å². The molecule has 0 atom stereocenters. The van der Waals surface area contributed by atoms with Crippen molar-refractivity contribution in [3.8, 4) is 5.75 Å². The van der Waals surface area contributed by atoms with E-state index in [1.165, 1.54) is 22.6 Å². The number of benzene rings is 1. The molecular formula is C12H19OPS3. The summed E-state index contributed by atoms with van der Waals surface area (Å²) in [6.45, 7) is 6.52. The van der Waals surface area contributed by atoms with Crippen LogP contribution < -0.4 is 4.52 Å². The Kier molecular flexibility index (Phi) is 4.62. The number of hydrogen-bond donors (Lipinski definition) is 1. The van der Waals surface area contributed by atoms with Gasteiger partial charge >= 0.3 is 118 Å². The van der Waals surface area contributed by atoms with Gasteiger partial charge in [-0.2, -0.15) is 0 Å². The summed E-state index contributed by atoms with van der Waals surface area (Å²) in [6, 6.07) is 6.49. The first kappa shape index (κ1) is 13.9. The van der Waals surface area contributed by atoms with Crippen molar-refractivity contribution < 1.29 is 4.52 Å². The normalized spacial score (nSPS) is 20.5. The van der Waals surface area contributed by atoms with Crippen LogP contribution in [0.15, 0.2) is 18.2 Å². The summed E-state index contributed by atoms with van der Waals surface area (Å²) in [4.78, 5) is 0. The third kappa shape index (κ3) is 3.50. The van der Waals surface area contributed by atoms with Crippen LogP contribution in [0.2, 0.25) is 0 Å². The number of rotatable bonds is 3. The molecule has 0 aliphatic carbocycles. The average molecular weight is 306 g/mol.